The van der Waals surface area contributed by atoms with Crippen LogP contribution in [0, 0.1) is 12.3 Å². The van der Waals surface area contributed by atoms with E-state index in [9.17, 15) is 0 Å². The summed E-state index contributed by atoms with van der Waals surface area (Å²) >= 11 is 1.66. The molecule has 1 heterocycles. The number of hydrogen-bond donors (Lipinski definition) is 1. The number of hydrogen-bond acceptors (Lipinski definition) is 5. The summed E-state index contributed by atoms with van der Waals surface area (Å²) in [6.45, 7) is 8.06. The van der Waals surface area contributed by atoms with E-state index in [1.54, 1.807) is 11.8 Å². The summed E-state index contributed by atoms with van der Waals surface area (Å²) in [5, 5.41) is 16.0. The molecular formula is C12H21N5S. The van der Waals surface area contributed by atoms with Gasteiger partial charge in [0, 0.05) is 24.3 Å². The Labute approximate surface area is 113 Å². The van der Waals surface area contributed by atoms with Crippen molar-refractivity contribution in [1.29, 1.82) is 0 Å². The molecule has 18 heavy (non-hydrogen) atoms. The van der Waals surface area contributed by atoms with E-state index in [4.69, 9.17) is 6.42 Å². The standard InChI is InChI=1S/C12H21N5S/c1-5-6-7-10-18-11-14-15-16-17(11)9-8-13-12(2,3)4/h1,13H,6-10H2,2-4H3. The second-order valence-electron chi connectivity index (χ2n) is 5.02. The highest BCUT2D eigenvalue weighted by atomic mass is 32.2. The number of thioether (sulfide) groups is 1. The number of nitrogens with one attached hydrogen (secondary N) is 1. The molecule has 1 aromatic rings. The van der Waals surface area contributed by atoms with Gasteiger partial charge >= 0.3 is 0 Å². The quantitative estimate of drug-likeness (QED) is 0.462. The summed E-state index contributed by atoms with van der Waals surface area (Å²) < 4.78 is 1.83. The fraction of sp³-hybridized carbons (Fsp3) is 0.750. The van der Waals surface area contributed by atoms with Crippen LogP contribution in [0.2, 0.25) is 0 Å². The number of terminal acetylenes is 1. The average Bonchev–Trinajstić information content (AvgIpc) is 2.71. The Morgan fingerprint density at radius 1 is 1.44 bits per heavy atom. The van der Waals surface area contributed by atoms with Gasteiger partial charge in [-0.2, -0.15) is 0 Å². The third-order valence-electron chi connectivity index (χ3n) is 2.17. The van der Waals surface area contributed by atoms with Gasteiger partial charge in [-0.05, 0) is 37.6 Å². The van der Waals surface area contributed by atoms with Crippen molar-refractivity contribution < 1.29 is 0 Å². The van der Waals surface area contributed by atoms with Crippen molar-refractivity contribution in [1.82, 2.24) is 25.5 Å². The van der Waals surface area contributed by atoms with Crippen molar-refractivity contribution in [2.45, 2.75) is 50.9 Å². The molecule has 100 valence electrons. The summed E-state index contributed by atoms with van der Waals surface area (Å²) in [7, 11) is 0. The van der Waals surface area contributed by atoms with E-state index in [0.29, 0.717) is 0 Å². The first-order valence-corrected chi connectivity index (χ1v) is 7.09. The minimum atomic E-state index is 0.119. The normalized spacial score (nSPS) is 11.4. The fourth-order valence-electron chi connectivity index (χ4n) is 1.31. The first kappa shape index (κ1) is 15.0. The SMILES string of the molecule is C#CCCCSc1nnnn1CCNC(C)(C)C. The van der Waals surface area contributed by atoms with Crippen LogP contribution in [0.5, 0.6) is 0 Å². The molecule has 5 nitrogen and oxygen atoms in total. The van der Waals surface area contributed by atoms with E-state index >= 15 is 0 Å². The smallest absolute Gasteiger partial charge is 0.209 e. The van der Waals surface area contributed by atoms with Gasteiger partial charge in [-0.25, -0.2) is 4.68 Å². The average molecular weight is 267 g/mol. The van der Waals surface area contributed by atoms with E-state index in [0.717, 1.165) is 36.8 Å². The van der Waals surface area contributed by atoms with E-state index in [2.05, 4.69) is 47.5 Å². The van der Waals surface area contributed by atoms with Crippen molar-refractivity contribution in [2.75, 3.05) is 12.3 Å². The molecule has 0 bridgehead atoms. The Bertz CT molecular complexity index is 388. The Balaban J connectivity index is 2.33. The zero-order chi connectivity index (χ0) is 13.4. The Hall–Kier alpha value is -1.06. The second-order valence-corrected chi connectivity index (χ2v) is 6.08. The van der Waals surface area contributed by atoms with Crippen LogP contribution >= 0.6 is 11.8 Å². The van der Waals surface area contributed by atoms with Crippen LogP contribution < -0.4 is 5.32 Å². The Morgan fingerprint density at radius 3 is 2.89 bits per heavy atom. The molecule has 0 atom stereocenters. The molecule has 0 aliphatic carbocycles. The highest BCUT2D eigenvalue weighted by Gasteiger charge is 2.10. The van der Waals surface area contributed by atoms with Gasteiger partial charge < -0.3 is 5.32 Å². The Kier molecular flexibility index (Phi) is 6.16. The molecule has 0 aliphatic heterocycles. The van der Waals surface area contributed by atoms with Crippen molar-refractivity contribution in [3.63, 3.8) is 0 Å². The lowest BCUT2D eigenvalue weighted by atomic mass is 10.1. The molecule has 0 aliphatic rings. The maximum absolute atomic E-state index is 5.21. The highest BCUT2D eigenvalue weighted by Crippen LogP contribution is 2.15. The van der Waals surface area contributed by atoms with E-state index in [1.807, 2.05) is 4.68 Å². The summed E-state index contributed by atoms with van der Waals surface area (Å²) in [4.78, 5) is 0. The molecule has 0 aromatic carbocycles. The first-order chi connectivity index (χ1) is 8.53. The van der Waals surface area contributed by atoms with Gasteiger partial charge in [-0.15, -0.1) is 17.4 Å². The minimum Gasteiger partial charge on any atom is -0.310 e. The van der Waals surface area contributed by atoms with Crippen LogP contribution in [-0.4, -0.2) is 38.0 Å². The van der Waals surface area contributed by atoms with Gasteiger partial charge in [0.15, 0.2) is 0 Å². The summed E-state index contributed by atoms with van der Waals surface area (Å²) in [6, 6.07) is 0. The third-order valence-corrected chi connectivity index (χ3v) is 3.22. The van der Waals surface area contributed by atoms with Crippen LogP contribution in [0.4, 0.5) is 0 Å². The van der Waals surface area contributed by atoms with Crippen LogP contribution in [0.25, 0.3) is 0 Å². The monoisotopic (exact) mass is 267 g/mol. The van der Waals surface area contributed by atoms with Gasteiger partial charge in [0.2, 0.25) is 5.16 Å². The lowest BCUT2D eigenvalue weighted by Crippen LogP contribution is -2.38. The number of rotatable bonds is 7. The Morgan fingerprint density at radius 2 is 2.22 bits per heavy atom. The number of tetrazole rings is 1. The van der Waals surface area contributed by atoms with Crippen molar-refractivity contribution >= 4 is 11.8 Å². The number of aromatic nitrogens is 4. The number of nitrogens with zero attached hydrogens (tertiary/aromatic N) is 4. The predicted octanol–water partition coefficient (Wildman–Crippen LogP) is 1.57. The zero-order valence-electron chi connectivity index (χ0n) is 11.3. The summed E-state index contributed by atoms with van der Waals surface area (Å²) in [5.41, 5.74) is 0.119. The van der Waals surface area contributed by atoms with Gasteiger partial charge in [0.25, 0.3) is 0 Å². The molecule has 0 radical (unpaired) electrons. The molecule has 0 saturated carbocycles. The third kappa shape index (κ3) is 6.03. The van der Waals surface area contributed by atoms with Gasteiger partial charge in [-0.1, -0.05) is 11.8 Å². The van der Waals surface area contributed by atoms with E-state index in [-0.39, 0.29) is 5.54 Å². The van der Waals surface area contributed by atoms with Crippen LogP contribution in [0.15, 0.2) is 5.16 Å². The summed E-state index contributed by atoms with van der Waals surface area (Å²) in [6.07, 6.45) is 7.01. The van der Waals surface area contributed by atoms with Gasteiger partial charge in [-0.3, -0.25) is 0 Å². The van der Waals surface area contributed by atoms with Crippen LogP contribution in [0.3, 0.4) is 0 Å². The molecule has 1 rings (SSSR count). The molecular weight excluding hydrogens is 246 g/mol. The highest BCUT2D eigenvalue weighted by molar-refractivity contribution is 7.99. The minimum absolute atomic E-state index is 0.119. The topological polar surface area (TPSA) is 55.6 Å². The lowest BCUT2D eigenvalue weighted by molar-refractivity contribution is 0.396. The maximum Gasteiger partial charge on any atom is 0.209 e. The van der Waals surface area contributed by atoms with Gasteiger partial charge in [0.05, 0.1) is 6.54 Å². The molecule has 0 spiro atoms. The fourth-order valence-corrected chi connectivity index (χ4v) is 2.16. The second kappa shape index (κ2) is 7.39. The van der Waals surface area contributed by atoms with Crippen molar-refractivity contribution in [3.8, 4) is 12.3 Å². The van der Waals surface area contributed by atoms with Crippen LogP contribution in [0.1, 0.15) is 33.6 Å². The molecule has 0 saturated heterocycles. The molecule has 0 fully saturated rings. The number of unbranched alkanes of at least 4 members (excludes halogenated alkanes) is 1. The molecule has 1 aromatic heterocycles. The zero-order valence-corrected chi connectivity index (χ0v) is 12.1. The lowest BCUT2D eigenvalue weighted by Gasteiger charge is -2.20. The van der Waals surface area contributed by atoms with Gasteiger partial charge in [0.1, 0.15) is 0 Å². The molecule has 6 heteroatoms. The molecule has 0 amide bonds. The molecule has 1 N–H and O–H groups in total. The molecule has 0 unspecified atom stereocenters. The maximum atomic E-state index is 5.21. The van der Waals surface area contributed by atoms with Crippen molar-refractivity contribution in [3.05, 3.63) is 0 Å². The largest absolute Gasteiger partial charge is 0.310 e. The predicted molar refractivity (Wildman–Crippen MR) is 74.4 cm³/mol. The summed E-state index contributed by atoms with van der Waals surface area (Å²) in [5.74, 6) is 3.59. The van der Waals surface area contributed by atoms with Crippen LogP contribution in [-0.2, 0) is 6.54 Å². The van der Waals surface area contributed by atoms with E-state index in [1.165, 1.54) is 0 Å². The van der Waals surface area contributed by atoms with E-state index < -0.39 is 0 Å². The first-order valence-electron chi connectivity index (χ1n) is 6.10. The van der Waals surface area contributed by atoms with Crippen molar-refractivity contribution in [2.24, 2.45) is 0 Å².